The third-order valence-electron chi connectivity index (χ3n) is 5.54. The zero-order valence-corrected chi connectivity index (χ0v) is 20.9. The number of nitrogens with zero attached hydrogens (tertiary/aromatic N) is 2. The van der Waals surface area contributed by atoms with Gasteiger partial charge in [-0.05, 0) is 53.9 Å². The van der Waals surface area contributed by atoms with Crippen LogP contribution in [0.3, 0.4) is 0 Å². The van der Waals surface area contributed by atoms with Gasteiger partial charge in [-0.1, -0.05) is 60.1 Å². The fourth-order valence-electron chi connectivity index (χ4n) is 3.72. The van der Waals surface area contributed by atoms with Gasteiger partial charge in [-0.2, -0.15) is 0 Å². The number of carbonyl (C=O) groups is 1. The molecule has 0 saturated heterocycles. The molecule has 184 valence electrons. The van der Waals surface area contributed by atoms with E-state index in [4.69, 9.17) is 11.6 Å². The Labute approximate surface area is 215 Å². The molecule has 0 fully saturated rings. The van der Waals surface area contributed by atoms with Gasteiger partial charge in [0, 0.05) is 35.9 Å². The summed E-state index contributed by atoms with van der Waals surface area (Å²) in [5.41, 5.74) is 2.57. The highest BCUT2D eigenvalue weighted by Crippen LogP contribution is 2.30. The Balaban J connectivity index is 1.48. The normalized spacial score (nSPS) is 12.0. The molecule has 2 N–H and O–H groups in total. The zero-order chi connectivity index (χ0) is 25.4. The van der Waals surface area contributed by atoms with Crippen molar-refractivity contribution in [3.63, 3.8) is 0 Å². The lowest BCUT2D eigenvalue weighted by molar-refractivity contribution is -0.119. The van der Waals surface area contributed by atoms with Gasteiger partial charge in [-0.15, -0.1) is 0 Å². The number of aromatic nitrogens is 2. The topological polar surface area (TPSA) is 101 Å². The lowest BCUT2D eigenvalue weighted by atomic mass is 9.97. The number of halogens is 1. The number of rotatable bonds is 11. The summed E-state index contributed by atoms with van der Waals surface area (Å²) in [5.74, 6) is 0.0926. The molecule has 36 heavy (non-hydrogen) atoms. The van der Waals surface area contributed by atoms with Crippen molar-refractivity contribution >= 4 is 39.0 Å². The van der Waals surface area contributed by atoms with Crippen molar-refractivity contribution in [3.05, 3.63) is 113 Å². The van der Waals surface area contributed by atoms with Crippen LogP contribution >= 0.6 is 11.6 Å². The summed E-state index contributed by atoms with van der Waals surface area (Å²) < 4.78 is 27.7. The van der Waals surface area contributed by atoms with Gasteiger partial charge in [0.15, 0.2) is 0 Å². The lowest BCUT2D eigenvalue weighted by Crippen LogP contribution is -2.17. The van der Waals surface area contributed by atoms with E-state index in [1.54, 1.807) is 24.3 Å². The number of hydrogen-bond donors (Lipinski definition) is 2. The van der Waals surface area contributed by atoms with Gasteiger partial charge >= 0.3 is 0 Å². The van der Waals surface area contributed by atoms with E-state index in [9.17, 15) is 13.2 Å². The number of Topliss-reactive ketones (excluding diaryl/α,β-unsaturated/α-hetero) is 1. The zero-order valence-electron chi connectivity index (χ0n) is 19.3. The van der Waals surface area contributed by atoms with Gasteiger partial charge < -0.3 is 5.32 Å². The van der Waals surface area contributed by atoms with Crippen molar-refractivity contribution in [3.8, 4) is 0 Å². The van der Waals surface area contributed by atoms with E-state index < -0.39 is 10.0 Å². The summed E-state index contributed by atoms with van der Waals surface area (Å²) in [6, 6.07) is 24.7. The van der Waals surface area contributed by atoms with Crippen LogP contribution < -0.4 is 10.0 Å². The molecule has 0 saturated carbocycles. The van der Waals surface area contributed by atoms with Crippen LogP contribution in [0.1, 0.15) is 30.0 Å². The largest absolute Gasteiger partial charge is 0.378 e. The predicted molar refractivity (Wildman–Crippen MR) is 141 cm³/mol. The first-order valence-corrected chi connectivity index (χ1v) is 13.2. The predicted octanol–water partition coefficient (Wildman–Crippen LogP) is 5.68. The third-order valence-corrected chi connectivity index (χ3v) is 7.23. The van der Waals surface area contributed by atoms with E-state index in [1.807, 2.05) is 48.5 Å². The van der Waals surface area contributed by atoms with Crippen LogP contribution in [0.4, 0.5) is 11.6 Å². The minimum Gasteiger partial charge on any atom is -0.378 e. The molecule has 0 spiro atoms. The minimum atomic E-state index is -3.85. The average molecular weight is 521 g/mol. The maximum absolute atomic E-state index is 12.9. The molecule has 1 aromatic heterocycles. The van der Waals surface area contributed by atoms with Crippen molar-refractivity contribution in [2.75, 3.05) is 10.0 Å². The standard InChI is InChI=1S/C27H25ClN4O3S/c28-25-10-5-4-9-24(25)26(19-22(33)14-11-20-7-2-1-3-8-20)31-21-12-15-23(16-13-21)36(34,35)32-27-29-17-6-18-30-27/h1-10,12-13,15-18,26,31H,11,14,19H2,(H,29,30,32). The molecule has 0 bridgehead atoms. The smallest absolute Gasteiger partial charge is 0.264 e. The Kier molecular flexibility index (Phi) is 8.30. The summed E-state index contributed by atoms with van der Waals surface area (Å²) in [7, 11) is -3.85. The van der Waals surface area contributed by atoms with Crippen molar-refractivity contribution < 1.29 is 13.2 Å². The van der Waals surface area contributed by atoms with E-state index in [-0.39, 0.29) is 29.1 Å². The van der Waals surface area contributed by atoms with Crippen molar-refractivity contribution in [2.24, 2.45) is 0 Å². The van der Waals surface area contributed by atoms with Gasteiger partial charge in [0.05, 0.1) is 10.9 Å². The van der Waals surface area contributed by atoms with Crippen molar-refractivity contribution in [2.45, 2.75) is 30.2 Å². The molecular weight excluding hydrogens is 496 g/mol. The SMILES string of the molecule is O=C(CCc1ccccc1)CC(Nc1ccc(S(=O)(=O)Nc2ncccn2)cc1)c1ccccc1Cl. The summed E-state index contributed by atoms with van der Waals surface area (Å²) in [5, 5.41) is 3.90. The highest BCUT2D eigenvalue weighted by molar-refractivity contribution is 7.92. The summed E-state index contributed by atoms with van der Waals surface area (Å²) in [4.78, 5) is 20.7. The van der Waals surface area contributed by atoms with E-state index in [0.29, 0.717) is 23.6 Å². The second-order valence-electron chi connectivity index (χ2n) is 8.15. The second-order valence-corrected chi connectivity index (χ2v) is 10.2. The summed E-state index contributed by atoms with van der Waals surface area (Å²) in [6.45, 7) is 0. The first-order valence-electron chi connectivity index (χ1n) is 11.4. The molecule has 9 heteroatoms. The number of benzene rings is 3. The maximum atomic E-state index is 12.9. The average Bonchev–Trinajstić information content (AvgIpc) is 2.89. The Morgan fingerprint density at radius 2 is 1.53 bits per heavy atom. The van der Waals surface area contributed by atoms with Crippen LogP contribution in [0.15, 0.2) is 102 Å². The molecule has 0 aliphatic heterocycles. The molecule has 3 aromatic carbocycles. The van der Waals surface area contributed by atoms with Gasteiger partial charge in [0.2, 0.25) is 5.95 Å². The molecule has 4 rings (SSSR count). The Morgan fingerprint density at radius 3 is 2.22 bits per heavy atom. The molecule has 7 nitrogen and oxygen atoms in total. The Bertz CT molecular complexity index is 1400. The Morgan fingerprint density at radius 1 is 0.861 bits per heavy atom. The number of nitrogens with one attached hydrogen (secondary N) is 2. The second kappa shape index (κ2) is 11.8. The monoisotopic (exact) mass is 520 g/mol. The van der Waals surface area contributed by atoms with Crippen LogP contribution in [0.5, 0.6) is 0 Å². The van der Waals surface area contributed by atoms with E-state index >= 15 is 0 Å². The fourth-order valence-corrected chi connectivity index (χ4v) is 4.94. The molecular formula is C27H25ClN4O3S. The van der Waals surface area contributed by atoms with Gasteiger partial charge in [0.25, 0.3) is 10.0 Å². The van der Waals surface area contributed by atoms with Gasteiger partial charge in [-0.25, -0.2) is 23.1 Å². The number of sulfonamides is 1. The van der Waals surface area contributed by atoms with Crippen molar-refractivity contribution in [1.82, 2.24) is 9.97 Å². The quantitative estimate of drug-likeness (QED) is 0.264. The molecule has 4 aromatic rings. The van der Waals surface area contributed by atoms with E-state index in [1.165, 1.54) is 24.5 Å². The number of hydrogen-bond acceptors (Lipinski definition) is 6. The minimum absolute atomic E-state index is 0.00694. The molecule has 1 atom stereocenters. The molecule has 0 radical (unpaired) electrons. The lowest BCUT2D eigenvalue weighted by Gasteiger charge is -2.21. The van der Waals surface area contributed by atoms with Crippen LogP contribution in [0.25, 0.3) is 0 Å². The maximum Gasteiger partial charge on any atom is 0.264 e. The number of anilines is 2. The van der Waals surface area contributed by atoms with E-state index in [0.717, 1.165) is 11.1 Å². The number of aryl methyl sites for hydroxylation is 1. The van der Waals surface area contributed by atoms with Crippen LogP contribution in [0.2, 0.25) is 5.02 Å². The first kappa shape index (κ1) is 25.3. The fraction of sp³-hybridized carbons (Fsp3) is 0.148. The molecule has 1 unspecified atom stereocenters. The number of carbonyl (C=O) groups excluding carboxylic acids is 1. The molecule has 1 heterocycles. The van der Waals surface area contributed by atoms with Gasteiger partial charge in [-0.3, -0.25) is 4.79 Å². The molecule has 0 aliphatic carbocycles. The highest BCUT2D eigenvalue weighted by atomic mass is 35.5. The van der Waals surface area contributed by atoms with Gasteiger partial charge in [0.1, 0.15) is 5.78 Å². The first-order chi connectivity index (χ1) is 17.4. The van der Waals surface area contributed by atoms with Crippen molar-refractivity contribution in [1.29, 1.82) is 0 Å². The van der Waals surface area contributed by atoms with E-state index in [2.05, 4.69) is 20.0 Å². The molecule has 0 aliphatic rings. The summed E-state index contributed by atoms with van der Waals surface area (Å²) >= 11 is 6.45. The van der Waals surface area contributed by atoms with Crippen LogP contribution in [0, 0.1) is 0 Å². The number of ketones is 1. The molecule has 0 amide bonds. The highest BCUT2D eigenvalue weighted by Gasteiger charge is 2.20. The third kappa shape index (κ3) is 6.90. The summed E-state index contributed by atoms with van der Waals surface area (Å²) in [6.07, 6.45) is 4.22. The van der Waals surface area contributed by atoms with Crippen LogP contribution in [-0.4, -0.2) is 24.2 Å². The Hall–Kier alpha value is -3.75. The van der Waals surface area contributed by atoms with Crippen LogP contribution in [-0.2, 0) is 21.2 Å².